The highest BCUT2D eigenvalue weighted by molar-refractivity contribution is 7.22. The van der Waals surface area contributed by atoms with E-state index >= 15 is 0 Å². The molecular formula is C18H13ClN4OS. The van der Waals surface area contributed by atoms with E-state index in [4.69, 9.17) is 11.6 Å². The molecule has 0 spiro atoms. The van der Waals surface area contributed by atoms with Crippen LogP contribution in [0.25, 0.3) is 15.9 Å². The summed E-state index contributed by atoms with van der Waals surface area (Å²) in [6.45, 7) is 1.87. The lowest BCUT2D eigenvalue weighted by atomic mass is 10.2. The van der Waals surface area contributed by atoms with Crippen molar-refractivity contribution in [2.24, 2.45) is 0 Å². The molecule has 25 heavy (non-hydrogen) atoms. The Bertz CT molecular complexity index is 1070. The van der Waals surface area contributed by atoms with Gasteiger partial charge in [0.25, 0.3) is 5.91 Å². The summed E-state index contributed by atoms with van der Waals surface area (Å²) in [5.41, 5.74) is 3.00. The number of rotatable bonds is 3. The number of carbonyl (C=O) groups excluding carboxylic acids is 1. The van der Waals surface area contributed by atoms with Gasteiger partial charge in [-0.2, -0.15) is 5.10 Å². The van der Waals surface area contributed by atoms with Gasteiger partial charge in [-0.3, -0.25) is 10.1 Å². The maximum atomic E-state index is 12.6. The third-order valence-electron chi connectivity index (χ3n) is 3.83. The Morgan fingerprint density at radius 1 is 1.20 bits per heavy atom. The first-order chi connectivity index (χ1) is 12.1. The molecule has 2 heterocycles. The third-order valence-corrected chi connectivity index (χ3v) is 4.99. The van der Waals surface area contributed by atoms with Crippen LogP contribution >= 0.6 is 22.9 Å². The van der Waals surface area contributed by atoms with Crippen molar-refractivity contribution in [2.75, 3.05) is 5.32 Å². The molecular weight excluding hydrogens is 356 g/mol. The van der Waals surface area contributed by atoms with Crippen molar-refractivity contribution in [3.05, 3.63) is 71.0 Å². The fourth-order valence-electron chi connectivity index (χ4n) is 2.58. The van der Waals surface area contributed by atoms with Gasteiger partial charge in [-0.05, 0) is 37.3 Å². The molecule has 4 rings (SSSR count). The summed E-state index contributed by atoms with van der Waals surface area (Å²) in [4.78, 5) is 17.0. The van der Waals surface area contributed by atoms with Crippen LogP contribution in [0, 0.1) is 6.92 Å². The number of para-hydroxylation sites is 1. The number of benzene rings is 2. The average Bonchev–Trinajstić information content (AvgIpc) is 3.18. The molecule has 0 fully saturated rings. The minimum atomic E-state index is -0.232. The van der Waals surface area contributed by atoms with Gasteiger partial charge in [0.15, 0.2) is 5.13 Å². The minimum absolute atomic E-state index is 0.232. The Labute approximate surface area is 152 Å². The molecule has 0 unspecified atom stereocenters. The molecule has 0 aliphatic heterocycles. The van der Waals surface area contributed by atoms with Gasteiger partial charge in [0.05, 0.1) is 33.4 Å². The van der Waals surface area contributed by atoms with Gasteiger partial charge in [0.2, 0.25) is 0 Å². The number of hydrogen-bond acceptors (Lipinski definition) is 4. The molecule has 2 aromatic carbocycles. The van der Waals surface area contributed by atoms with Crippen molar-refractivity contribution in [3.8, 4) is 5.69 Å². The van der Waals surface area contributed by atoms with Gasteiger partial charge in [-0.25, -0.2) is 9.67 Å². The zero-order valence-electron chi connectivity index (χ0n) is 13.2. The Hall–Kier alpha value is -2.70. The number of hydrogen-bond donors (Lipinski definition) is 1. The van der Waals surface area contributed by atoms with Gasteiger partial charge in [-0.1, -0.05) is 41.1 Å². The van der Waals surface area contributed by atoms with Crippen molar-refractivity contribution < 1.29 is 4.79 Å². The van der Waals surface area contributed by atoms with E-state index in [2.05, 4.69) is 15.4 Å². The quantitative estimate of drug-likeness (QED) is 0.570. The van der Waals surface area contributed by atoms with Crippen LogP contribution in [0.15, 0.2) is 54.7 Å². The maximum Gasteiger partial charge on any atom is 0.260 e. The summed E-state index contributed by atoms with van der Waals surface area (Å²) in [5, 5.41) is 8.35. The van der Waals surface area contributed by atoms with Crippen LogP contribution in [0.1, 0.15) is 16.1 Å². The topological polar surface area (TPSA) is 59.8 Å². The van der Waals surface area contributed by atoms with Gasteiger partial charge in [0.1, 0.15) is 0 Å². The number of thiazole rings is 1. The minimum Gasteiger partial charge on any atom is -0.298 e. The number of nitrogens with zero attached hydrogens (tertiary/aromatic N) is 3. The molecule has 1 N–H and O–H groups in total. The molecule has 5 nitrogen and oxygen atoms in total. The molecule has 124 valence electrons. The fourth-order valence-corrected chi connectivity index (χ4v) is 3.72. The number of anilines is 1. The Morgan fingerprint density at radius 2 is 2.00 bits per heavy atom. The standard InChI is InChI=1S/C18H13ClN4OS/c1-11-14(10-20-23(11)13-5-3-2-4-6-13)17(24)22-18-21-15-8-7-12(19)9-16(15)25-18/h2-10H,1H3,(H,21,22,24). The van der Waals surface area contributed by atoms with E-state index in [1.807, 2.05) is 49.4 Å². The Balaban J connectivity index is 1.61. The highest BCUT2D eigenvalue weighted by atomic mass is 35.5. The second-order valence-electron chi connectivity index (χ2n) is 5.48. The average molecular weight is 369 g/mol. The Morgan fingerprint density at radius 3 is 2.80 bits per heavy atom. The highest BCUT2D eigenvalue weighted by Gasteiger charge is 2.16. The number of halogens is 1. The summed E-state index contributed by atoms with van der Waals surface area (Å²) < 4.78 is 2.67. The first kappa shape index (κ1) is 15.8. The molecule has 0 aliphatic carbocycles. The number of amides is 1. The molecule has 4 aromatic rings. The van der Waals surface area contributed by atoms with Crippen LogP contribution in [0.5, 0.6) is 0 Å². The summed E-state index contributed by atoms with van der Waals surface area (Å²) in [7, 11) is 0. The lowest BCUT2D eigenvalue weighted by Gasteiger charge is -2.05. The first-order valence-corrected chi connectivity index (χ1v) is 8.79. The van der Waals surface area contributed by atoms with E-state index in [1.54, 1.807) is 16.9 Å². The van der Waals surface area contributed by atoms with Crippen molar-refractivity contribution in [3.63, 3.8) is 0 Å². The largest absolute Gasteiger partial charge is 0.298 e. The lowest BCUT2D eigenvalue weighted by molar-refractivity contribution is 0.102. The van der Waals surface area contributed by atoms with Crippen LogP contribution in [0.2, 0.25) is 5.02 Å². The predicted molar refractivity (Wildman–Crippen MR) is 101 cm³/mol. The van der Waals surface area contributed by atoms with E-state index in [1.165, 1.54) is 11.3 Å². The smallest absolute Gasteiger partial charge is 0.260 e. The molecule has 2 aromatic heterocycles. The summed E-state index contributed by atoms with van der Waals surface area (Å²) >= 11 is 7.38. The second kappa shape index (κ2) is 6.31. The van der Waals surface area contributed by atoms with Crippen LogP contribution < -0.4 is 5.32 Å². The molecule has 0 atom stereocenters. The van der Waals surface area contributed by atoms with Crippen LogP contribution in [0.3, 0.4) is 0 Å². The van der Waals surface area contributed by atoms with Gasteiger partial charge < -0.3 is 0 Å². The van der Waals surface area contributed by atoms with Crippen molar-refractivity contribution in [2.45, 2.75) is 6.92 Å². The van der Waals surface area contributed by atoms with E-state index in [0.29, 0.717) is 15.7 Å². The Kier molecular flexibility index (Phi) is 3.99. The van der Waals surface area contributed by atoms with E-state index in [9.17, 15) is 4.79 Å². The molecule has 0 bridgehead atoms. The predicted octanol–water partition coefficient (Wildman–Crippen LogP) is 4.70. The number of carbonyl (C=O) groups is 1. The molecule has 0 radical (unpaired) electrons. The highest BCUT2D eigenvalue weighted by Crippen LogP contribution is 2.28. The van der Waals surface area contributed by atoms with E-state index in [-0.39, 0.29) is 5.91 Å². The van der Waals surface area contributed by atoms with Crippen molar-refractivity contribution >= 4 is 44.2 Å². The maximum absolute atomic E-state index is 12.6. The third kappa shape index (κ3) is 3.01. The van der Waals surface area contributed by atoms with Crippen LogP contribution in [0.4, 0.5) is 5.13 Å². The second-order valence-corrected chi connectivity index (χ2v) is 6.94. The molecule has 7 heteroatoms. The van der Waals surface area contributed by atoms with Crippen LogP contribution in [-0.2, 0) is 0 Å². The molecule has 1 amide bonds. The zero-order valence-corrected chi connectivity index (χ0v) is 14.8. The van der Waals surface area contributed by atoms with Crippen LogP contribution in [-0.4, -0.2) is 20.7 Å². The van der Waals surface area contributed by atoms with E-state index < -0.39 is 0 Å². The van der Waals surface area contributed by atoms with Gasteiger partial charge in [0, 0.05) is 5.02 Å². The van der Waals surface area contributed by atoms with Gasteiger partial charge in [-0.15, -0.1) is 0 Å². The van der Waals surface area contributed by atoms with E-state index in [0.717, 1.165) is 21.6 Å². The number of nitrogens with one attached hydrogen (secondary N) is 1. The lowest BCUT2D eigenvalue weighted by Crippen LogP contribution is -2.12. The molecule has 0 saturated carbocycles. The SMILES string of the molecule is Cc1c(C(=O)Nc2nc3ccc(Cl)cc3s2)cnn1-c1ccccc1. The zero-order chi connectivity index (χ0) is 17.4. The fraction of sp³-hybridized carbons (Fsp3) is 0.0556. The summed E-state index contributed by atoms with van der Waals surface area (Å²) in [5.74, 6) is -0.232. The van der Waals surface area contributed by atoms with Gasteiger partial charge >= 0.3 is 0 Å². The van der Waals surface area contributed by atoms with Crippen molar-refractivity contribution in [1.82, 2.24) is 14.8 Å². The normalized spacial score (nSPS) is 11.0. The summed E-state index contributed by atoms with van der Waals surface area (Å²) in [6, 6.07) is 15.1. The molecule has 0 aliphatic rings. The van der Waals surface area contributed by atoms with Crippen molar-refractivity contribution in [1.29, 1.82) is 0 Å². The monoisotopic (exact) mass is 368 g/mol. The first-order valence-electron chi connectivity index (χ1n) is 7.59. The number of aromatic nitrogens is 3. The summed E-state index contributed by atoms with van der Waals surface area (Å²) in [6.07, 6.45) is 1.57. The number of fused-ring (bicyclic) bond motifs is 1. The molecule has 0 saturated heterocycles.